The van der Waals surface area contributed by atoms with Gasteiger partial charge in [-0.25, -0.2) is 4.39 Å². The molecule has 174 valence electrons. The lowest BCUT2D eigenvalue weighted by Crippen LogP contribution is -2.36. The molecule has 0 atom stereocenters. The summed E-state index contributed by atoms with van der Waals surface area (Å²) < 4.78 is 43.6. The molecule has 8 heteroatoms. The first-order valence-electron chi connectivity index (χ1n) is 12.7. The van der Waals surface area contributed by atoms with Crippen molar-refractivity contribution in [2.75, 3.05) is 38.2 Å². The first-order chi connectivity index (χ1) is 17.3. The molecule has 2 aliphatic rings. The normalized spacial score (nSPS) is 18.9. The molecule has 0 saturated carbocycles. The zero-order valence-electron chi connectivity index (χ0n) is 21.3. The van der Waals surface area contributed by atoms with Crippen molar-refractivity contribution in [1.29, 1.82) is 0 Å². The van der Waals surface area contributed by atoms with Crippen molar-refractivity contribution in [1.82, 2.24) is 15.1 Å². The second-order valence-corrected chi connectivity index (χ2v) is 10.1. The molecule has 33 heavy (non-hydrogen) atoms. The third-order valence-corrected chi connectivity index (χ3v) is 7.82. The van der Waals surface area contributed by atoms with E-state index in [2.05, 4.69) is 20.5 Å². The number of fused-ring (bicyclic) bond motifs is 1. The second-order valence-electron chi connectivity index (χ2n) is 8.69. The average molecular weight is 490 g/mol. The van der Waals surface area contributed by atoms with E-state index in [0.717, 1.165) is 57.7 Å². The third kappa shape index (κ3) is 5.22. The number of nitrogens with zero attached hydrogens (tertiary/aromatic N) is 4. The van der Waals surface area contributed by atoms with E-state index >= 15 is 0 Å². The van der Waals surface area contributed by atoms with Crippen molar-refractivity contribution >= 4 is 28.8 Å². The summed E-state index contributed by atoms with van der Waals surface area (Å²) in [6.45, 7) is 2.52. The van der Waals surface area contributed by atoms with Gasteiger partial charge in [-0.3, -0.25) is 4.90 Å². The second kappa shape index (κ2) is 10.1. The number of halogens is 2. The van der Waals surface area contributed by atoms with Gasteiger partial charge < -0.3 is 9.64 Å². The van der Waals surface area contributed by atoms with Crippen LogP contribution in [-0.4, -0.2) is 48.4 Å². The summed E-state index contributed by atoms with van der Waals surface area (Å²) in [6.07, 6.45) is 3.16. The number of hydrogen-bond acceptors (Lipinski definition) is 6. The lowest BCUT2D eigenvalue weighted by molar-refractivity contribution is 0.0508. The lowest BCUT2D eigenvalue weighted by atomic mass is 9.97. The number of thiophene rings is 1. The fraction of sp³-hybridized carbons (Fsp3) is 0.440. The minimum atomic E-state index is -2.40. The quantitative estimate of drug-likeness (QED) is 0.462. The SMILES string of the molecule is [2H]C([2H])([2H])N(Cc1csc2c1CCN(CC1CCOCC1)C2)c1ccc(-c2cc(F)ccc2Cl)nn1. The molecule has 0 spiro atoms. The Bertz CT molecular complexity index is 1200. The number of benzene rings is 1. The van der Waals surface area contributed by atoms with Gasteiger partial charge in [0.1, 0.15) is 5.82 Å². The van der Waals surface area contributed by atoms with E-state index in [4.69, 9.17) is 20.5 Å². The molecule has 0 amide bonds. The minimum absolute atomic E-state index is 0.219. The van der Waals surface area contributed by atoms with Crippen molar-refractivity contribution in [2.24, 2.45) is 5.92 Å². The van der Waals surface area contributed by atoms with Crippen LogP contribution in [0, 0.1) is 11.7 Å². The van der Waals surface area contributed by atoms with Crippen LogP contribution in [0.4, 0.5) is 10.2 Å². The number of rotatable bonds is 6. The molecule has 2 aliphatic heterocycles. The average Bonchev–Trinajstić information content (AvgIpc) is 3.26. The van der Waals surface area contributed by atoms with Gasteiger partial charge in [-0.2, -0.15) is 0 Å². The van der Waals surface area contributed by atoms with Crippen molar-refractivity contribution in [3.63, 3.8) is 0 Å². The Labute approximate surface area is 207 Å². The van der Waals surface area contributed by atoms with Crippen LogP contribution in [0.5, 0.6) is 0 Å². The van der Waals surface area contributed by atoms with Crippen LogP contribution >= 0.6 is 22.9 Å². The summed E-state index contributed by atoms with van der Waals surface area (Å²) in [4.78, 5) is 5.13. The van der Waals surface area contributed by atoms with Gasteiger partial charge in [-0.15, -0.1) is 21.5 Å². The molecule has 5 rings (SSSR count). The highest BCUT2D eigenvalue weighted by molar-refractivity contribution is 7.10. The lowest BCUT2D eigenvalue weighted by Gasteiger charge is -2.32. The van der Waals surface area contributed by atoms with Gasteiger partial charge in [-0.05, 0) is 72.0 Å². The van der Waals surface area contributed by atoms with E-state index in [1.165, 1.54) is 33.5 Å². The predicted molar refractivity (Wildman–Crippen MR) is 131 cm³/mol. The molecule has 5 nitrogen and oxygen atoms in total. The van der Waals surface area contributed by atoms with Crippen molar-refractivity contribution < 1.29 is 13.2 Å². The van der Waals surface area contributed by atoms with Gasteiger partial charge in [0.15, 0.2) is 5.82 Å². The maximum Gasteiger partial charge on any atom is 0.151 e. The zero-order chi connectivity index (χ0) is 25.3. The Hall–Kier alpha value is -2.06. The van der Waals surface area contributed by atoms with Crippen LogP contribution in [-0.2, 0) is 24.2 Å². The van der Waals surface area contributed by atoms with Crippen LogP contribution < -0.4 is 4.90 Å². The fourth-order valence-corrected chi connectivity index (χ4v) is 5.94. The van der Waals surface area contributed by atoms with E-state index in [-0.39, 0.29) is 12.4 Å². The van der Waals surface area contributed by atoms with Crippen LogP contribution in [0.25, 0.3) is 11.3 Å². The molecular weight excluding hydrogens is 459 g/mol. The molecule has 0 N–H and O–H groups in total. The van der Waals surface area contributed by atoms with Gasteiger partial charge in [0, 0.05) is 60.9 Å². The van der Waals surface area contributed by atoms with E-state index in [9.17, 15) is 4.39 Å². The van der Waals surface area contributed by atoms with Gasteiger partial charge >= 0.3 is 0 Å². The minimum Gasteiger partial charge on any atom is -0.381 e. The summed E-state index contributed by atoms with van der Waals surface area (Å²) in [5, 5.41) is 10.8. The smallest absolute Gasteiger partial charge is 0.151 e. The van der Waals surface area contributed by atoms with E-state index in [1.54, 1.807) is 23.5 Å². The largest absolute Gasteiger partial charge is 0.381 e. The summed E-state index contributed by atoms with van der Waals surface area (Å²) in [6, 6.07) is 7.25. The maximum absolute atomic E-state index is 13.7. The Morgan fingerprint density at radius 1 is 1.27 bits per heavy atom. The highest BCUT2D eigenvalue weighted by atomic mass is 35.5. The van der Waals surface area contributed by atoms with Crippen LogP contribution in [0.2, 0.25) is 5.02 Å². The molecule has 2 aromatic heterocycles. The van der Waals surface area contributed by atoms with Crippen LogP contribution in [0.1, 0.15) is 33.0 Å². The monoisotopic (exact) mass is 489 g/mol. The molecule has 1 aromatic carbocycles. The molecular formula is C25H28ClFN4OS. The molecule has 4 heterocycles. The van der Waals surface area contributed by atoms with Gasteiger partial charge in [0.25, 0.3) is 0 Å². The zero-order valence-corrected chi connectivity index (χ0v) is 19.8. The molecule has 1 fully saturated rings. The first-order valence-corrected chi connectivity index (χ1v) is 12.5. The molecule has 3 aromatic rings. The highest BCUT2D eigenvalue weighted by Crippen LogP contribution is 2.32. The van der Waals surface area contributed by atoms with Crippen molar-refractivity contribution in [2.45, 2.75) is 32.4 Å². The summed E-state index contributed by atoms with van der Waals surface area (Å²) in [5.41, 5.74) is 3.07. The van der Waals surface area contributed by atoms with Crippen LogP contribution in [0.15, 0.2) is 35.7 Å². The van der Waals surface area contributed by atoms with Gasteiger partial charge in [0.2, 0.25) is 0 Å². The van der Waals surface area contributed by atoms with E-state index in [1.807, 2.05) is 0 Å². The standard InChI is InChI=1S/C25H28ClFN4OS/c1-30(25-5-4-23(28-29-25)21-12-19(27)2-3-22(21)26)14-18-16-33-24-15-31(9-6-20(18)24)13-17-7-10-32-11-8-17/h2-5,12,16-17H,6-11,13-15H2,1H3/i1D3. The van der Waals surface area contributed by atoms with E-state index < -0.39 is 12.8 Å². The Kier molecular flexibility index (Phi) is 5.87. The van der Waals surface area contributed by atoms with Crippen molar-refractivity contribution in [3.8, 4) is 11.3 Å². The number of hydrogen-bond donors (Lipinski definition) is 0. The Morgan fingerprint density at radius 2 is 2.15 bits per heavy atom. The third-order valence-electron chi connectivity index (χ3n) is 6.43. The fourth-order valence-electron chi connectivity index (χ4n) is 4.59. The summed E-state index contributed by atoms with van der Waals surface area (Å²) in [7, 11) is 0. The maximum atomic E-state index is 13.7. The summed E-state index contributed by atoms with van der Waals surface area (Å²) in [5.74, 6) is 0.496. The molecule has 1 saturated heterocycles. The summed E-state index contributed by atoms with van der Waals surface area (Å²) >= 11 is 7.90. The highest BCUT2D eigenvalue weighted by Gasteiger charge is 2.24. The predicted octanol–water partition coefficient (Wildman–Crippen LogP) is 5.42. The first kappa shape index (κ1) is 19.3. The Morgan fingerprint density at radius 3 is 2.94 bits per heavy atom. The molecule has 0 unspecified atom stereocenters. The number of aromatic nitrogens is 2. The molecule has 0 bridgehead atoms. The molecule has 0 radical (unpaired) electrons. The van der Waals surface area contributed by atoms with Gasteiger partial charge in [-0.1, -0.05) is 11.6 Å². The van der Waals surface area contributed by atoms with E-state index in [0.29, 0.717) is 22.2 Å². The Balaban J connectivity index is 1.32. The number of anilines is 1. The van der Waals surface area contributed by atoms with Gasteiger partial charge in [0.05, 0.1) is 10.7 Å². The topological polar surface area (TPSA) is 41.5 Å². The van der Waals surface area contributed by atoms with Crippen LogP contribution in [0.3, 0.4) is 0 Å². The van der Waals surface area contributed by atoms with Crippen molar-refractivity contribution in [3.05, 3.63) is 62.6 Å². The number of ether oxygens (including phenoxy) is 1. The molecule has 0 aliphatic carbocycles.